The molecule has 1 aromatic heterocycles. The van der Waals surface area contributed by atoms with Gasteiger partial charge < -0.3 is 16.0 Å². The van der Waals surface area contributed by atoms with Gasteiger partial charge in [0.2, 0.25) is 5.91 Å². The van der Waals surface area contributed by atoms with Crippen molar-refractivity contribution >= 4 is 70.3 Å². The number of carbonyl (C=O) groups is 3. The van der Waals surface area contributed by atoms with Gasteiger partial charge >= 0.3 is 0 Å². The Morgan fingerprint density at radius 1 is 0.846 bits per heavy atom. The van der Waals surface area contributed by atoms with E-state index in [1.165, 1.54) is 17.8 Å². The number of benzene rings is 3. The van der Waals surface area contributed by atoms with E-state index in [0.29, 0.717) is 32.7 Å². The molecule has 0 spiro atoms. The zero-order valence-corrected chi connectivity index (χ0v) is 22.7. The van der Waals surface area contributed by atoms with Crippen LogP contribution in [-0.2, 0) is 9.59 Å². The third kappa shape index (κ3) is 8.44. The lowest BCUT2D eigenvalue weighted by atomic mass is 10.1. The molecule has 3 N–H and O–H groups in total. The van der Waals surface area contributed by atoms with Crippen molar-refractivity contribution in [1.29, 1.82) is 0 Å². The molecule has 0 aliphatic rings. The molecular formula is C29H22Cl2N4O3S. The van der Waals surface area contributed by atoms with Crippen LogP contribution in [0.15, 0.2) is 108 Å². The summed E-state index contributed by atoms with van der Waals surface area (Å²) in [5.41, 5.74) is 1.36. The number of anilines is 2. The fourth-order valence-corrected chi connectivity index (χ4v) is 4.56. The Kier molecular flexibility index (Phi) is 9.74. The number of carbonyl (C=O) groups excluding carboxylic acids is 3. The van der Waals surface area contributed by atoms with Gasteiger partial charge in [-0.2, -0.15) is 0 Å². The SMILES string of the molecule is O=C(CSc1cccc(NC(=O)/C(=C\c2ccc(Cl)cc2Cl)NC(=O)c2ccccc2)c1)Nc1ccccn1. The standard InChI is InChI=1S/C29H22Cl2N4O3S/c30-21-13-12-20(24(31)16-21)15-25(34-28(37)19-7-2-1-3-8-19)29(38)33-22-9-6-10-23(17-22)39-18-27(36)35-26-11-4-5-14-32-26/h1-17H,18H2,(H,33,38)(H,34,37)(H,32,35,36)/b25-15+. The Balaban J connectivity index is 1.48. The van der Waals surface area contributed by atoms with Crippen LogP contribution in [-0.4, -0.2) is 28.5 Å². The van der Waals surface area contributed by atoms with Crippen molar-refractivity contribution in [2.75, 3.05) is 16.4 Å². The number of rotatable bonds is 9. The van der Waals surface area contributed by atoms with Gasteiger partial charge in [-0.1, -0.05) is 59.6 Å². The molecule has 0 aliphatic carbocycles. The fourth-order valence-electron chi connectivity index (χ4n) is 3.34. The predicted molar refractivity (Wildman–Crippen MR) is 157 cm³/mol. The molecule has 39 heavy (non-hydrogen) atoms. The van der Waals surface area contributed by atoms with E-state index in [4.69, 9.17) is 23.2 Å². The van der Waals surface area contributed by atoms with Crippen molar-refractivity contribution in [1.82, 2.24) is 10.3 Å². The summed E-state index contributed by atoms with van der Waals surface area (Å²) in [5, 5.41) is 8.98. The molecule has 0 atom stereocenters. The van der Waals surface area contributed by atoms with Crippen molar-refractivity contribution in [2.45, 2.75) is 4.90 Å². The van der Waals surface area contributed by atoms with E-state index in [9.17, 15) is 14.4 Å². The lowest BCUT2D eigenvalue weighted by Gasteiger charge is -2.13. The summed E-state index contributed by atoms with van der Waals surface area (Å²) in [6, 6.07) is 25.7. The van der Waals surface area contributed by atoms with Crippen LogP contribution in [0, 0.1) is 0 Å². The quantitative estimate of drug-likeness (QED) is 0.155. The van der Waals surface area contributed by atoms with E-state index in [0.717, 1.165) is 4.90 Å². The van der Waals surface area contributed by atoms with Gasteiger partial charge in [-0.3, -0.25) is 14.4 Å². The van der Waals surface area contributed by atoms with Gasteiger partial charge in [-0.05, 0) is 66.2 Å². The van der Waals surface area contributed by atoms with Gasteiger partial charge in [-0.25, -0.2) is 4.98 Å². The number of halogens is 2. The molecule has 0 unspecified atom stereocenters. The van der Waals surface area contributed by atoms with Crippen LogP contribution in [0.4, 0.5) is 11.5 Å². The van der Waals surface area contributed by atoms with E-state index in [1.807, 2.05) is 6.07 Å². The summed E-state index contributed by atoms with van der Waals surface area (Å²) < 4.78 is 0. The molecule has 1 heterocycles. The molecule has 0 saturated heterocycles. The second-order valence-electron chi connectivity index (χ2n) is 8.08. The highest BCUT2D eigenvalue weighted by Crippen LogP contribution is 2.25. The Labute approximate surface area is 239 Å². The van der Waals surface area contributed by atoms with Crippen LogP contribution in [0.25, 0.3) is 6.08 Å². The summed E-state index contributed by atoms with van der Waals surface area (Å²) in [5.74, 6) is -0.587. The van der Waals surface area contributed by atoms with Crippen molar-refractivity contribution in [3.05, 3.63) is 124 Å². The molecule has 0 radical (unpaired) electrons. The molecule has 0 saturated carbocycles. The molecule has 4 rings (SSSR count). The number of thioether (sulfide) groups is 1. The molecule has 0 aliphatic heterocycles. The minimum absolute atomic E-state index is 0.0131. The normalized spacial score (nSPS) is 11.0. The van der Waals surface area contributed by atoms with E-state index in [-0.39, 0.29) is 17.4 Å². The molecule has 196 valence electrons. The second-order valence-corrected chi connectivity index (χ2v) is 9.97. The third-order valence-corrected chi connectivity index (χ3v) is 6.74. The smallest absolute Gasteiger partial charge is 0.272 e. The average molecular weight is 577 g/mol. The molecule has 3 aromatic carbocycles. The molecule has 0 bridgehead atoms. The summed E-state index contributed by atoms with van der Waals surface area (Å²) in [7, 11) is 0. The minimum atomic E-state index is -0.555. The maximum atomic E-state index is 13.3. The van der Waals surface area contributed by atoms with Crippen LogP contribution < -0.4 is 16.0 Å². The Hall–Kier alpha value is -4.11. The molecule has 3 amide bonds. The van der Waals surface area contributed by atoms with E-state index >= 15 is 0 Å². The Bertz CT molecular complexity index is 1520. The lowest BCUT2D eigenvalue weighted by Crippen LogP contribution is -2.30. The number of hydrogen-bond donors (Lipinski definition) is 3. The van der Waals surface area contributed by atoms with Gasteiger partial charge in [0, 0.05) is 32.4 Å². The van der Waals surface area contributed by atoms with Crippen molar-refractivity contribution in [3.63, 3.8) is 0 Å². The van der Waals surface area contributed by atoms with Crippen LogP contribution >= 0.6 is 35.0 Å². The highest BCUT2D eigenvalue weighted by atomic mass is 35.5. The third-order valence-electron chi connectivity index (χ3n) is 5.19. The second kappa shape index (κ2) is 13.6. The fraction of sp³-hybridized carbons (Fsp3) is 0.0345. The van der Waals surface area contributed by atoms with Crippen molar-refractivity contribution < 1.29 is 14.4 Å². The number of pyridine rings is 1. The Morgan fingerprint density at radius 3 is 2.38 bits per heavy atom. The average Bonchev–Trinajstić information content (AvgIpc) is 2.94. The number of nitrogens with zero attached hydrogens (tertiary/aromatic N) is 1. The maximum Gasteiger partial charge on any atom is 0.272 e. The summed E-state index contributed by atoms with van der Waals surface area (Å²) >= 11 is 13.6. The molecule has 7 nitrogen and oxygen atoms in total. The number of aromatic nitrogens is 1. The first-order valence-corrected chi connectivity index (χ1v) is 13.4. The first kappa shape index (κ1) is 27.9. The largest absolute Gasteiger partial charge is 0.321 e. The monoisotopic (exact) mass is 576 g/mol. The van der Waals surface area contributed by atoms with Crippen LogP contribution in [0.3, 0.4) is 0 Å². The van der Waals surface area contributed by atoms with E-state index in [1.54, 1.807) is 91.1 Å². The summed E-state index contributed by atoms with van der Waals surface area (Å²) in [4.78, 5) is 43.3. The zero-order valence-electron chi connectivity index (χ0n) is 20.4. The highest BCUT2D eigenvalue weighted by molar-refractivity contribution is 8.00. The molecule has 0 fully saturated rings. The molecular weight excluding hydrogens is 555 g/mol. The van der Waals surface area contributed by atoms with E-state index < -0.39 is 11.8 Å². The maximum absolute atomic E-state index is 13.3. The number of nitrogens with one attached hydrogen (secondary N) is 3. The van der Waals surface area contributed by atoms with E-state index in [2.05, 4.69) is 20.9 Å². The predicted octanol–water partition coefficient (Wildman–Crippen LogP) is 6.53. The summed E-state index contributed by atoms with van der Waals surface area (Å²) in [6.45, 7) is 0. The van der Waals surface area contributed by atoms with Gasteiger partial charge in [0.05, 0.1) is 5.75 Å². The van der Waals surface area contributed by atoms with Crippen LogP contribution in [0.2, 0.25) is 10.0 Å². The number of amides is 3. The van der Waals surface area contributed by atoms with Crippen LogP contribution in [0.5, 0.6) is 0 Å². The van der Waals surface area contributed by atoms with Crippen molar-refractivity contribution in [2.24, 2.45) is 0 Å². The van der Waals surface area contributed by atoms with Gasteiger partial charge in [0.1, 0.15) is 11.5 Å². The van der Waals surface area contributed by atoms with Gasteiger partial charge in [0.25, 0.3) is 11.8 Å². The van der Waals surface area contributed by atoms with Crippen LogP contribution in [0.1, 0.15) is 15.9 Å². The van der Waals surface area contributed by atoms with Crippen molar-refractivity contribution in [3.8, 4) is 0 Å². The van der Waals surface area contributed by atoms with Gasteiger partial charge in [0.15, 0.2) is 0 Å². The topological polar surface area (TPSA) is 100 Å². The summed E-state index contributed by atoms with van der Waals surface area (Å²) in [6.07, 6.45) is 3.08. The highest BCUT2D eigenvalue weighted by Gasteiger charge is 2.16. The Morgan fingerprint density at radius 2 is 1.64 bits per heavy atom. The molecule has 10 heteroatoms. The molecule has 4 aromatic rings. The minimum Gasteiger partial charge on any atom is -0.321 e. The number of hydrogen-bond acceptors (Lipinski definition) is 5. The van der Waals surface area contributed by atoms with Gasteiger partial charge in [-0.15, -0.1) is 11.8 Å². The first-order chi connectivity index (χ1) is 18.9. The lowest BCUT2D eigenvalue weighted by molar-refractivity contribution is -0.114. The first-order valence-electron chi connectivity index (χ1n) is 11.7. The zero-order chi connectivity index (χ0) is 27.6.